The molecule has 0 aromatic heterocycles. The minimum atomic E-state index is -1.08. The van der Waals surface area contributed by atoms with E-state index in [0.717, 1.165) is 6.08 Å². The molecule has 1 unspecified atom stereocenters. The topological polar surface area (TPSA) is 78.9 Å². The Morgan fingerprint density at radius 2 is 1.62 bits per heavy atom. The van der Waals surface area contributed by atoms with Crippen molar-refractivity contribution in [1.29, 1.82) is 0 Å². The normalized spacial score (nSPS) is 11.0. The molecule has 0 heterocycles. The highest BCUT2D eigenvalue weighted by molar-refractivity contribution is 5.87. The zero-order valence-corrected chi connectivity index (χ0v) is 12.3. The molecular formula is C15H20O6. The Labute approximate surface area is 124 Å². The van der Waals surface area contributed by atoms with Gasteiger partial charge in [-0.25, -0.2) is 14.4 Å². The zero-order valence-electron chi connectivity index (χ0n) is 12.3. The molecule has 0 fully saturated rings. The summed E-state index contributed by atoms with van der Waals surface area (Å²) in [4.78, 5) is 33.7. The van der Waals surface area contributed by atoms with Gasteiger partial charge in [-0.1, -0.05) is 19.7 Å². The van der Waals surface area contributed by atoms with Gasteiger partial charge in [0.25, 0.3) is 0 Å². The molecule has 6 heteroatoms. The quantitative estimate of drug-likeness (QED) is 0.280. The van der Waals surface area contributed by atoms with Gasteiger partial charge in [-0.05, 0) is 20.3 Å². The molecule has 1 atom stereocenters. The molecule has 0 rings (SSSR count). The summed E-state index contributed by atoms with van der Waals surface area (Å²) >= 11 is 0. The van der Waals surface area contributed by atoms with E-state index in [0.29, 0.717) is 12.0 Å². The number of hydrogen-bond acceptors (Lipinski definition) is 6. The van der Waals surface area contributed by atoms with Crippen LogP contribution in [-0.4, -0.2) is 30.8 Å². The second-order valence-corrected chi connectivity index (χ2v) is 4.31. The molecule has 0 aromatic carbocycles. The summed E-state index contributed by atoms with van der Waals surface area (Å²) in [6, 6.07) is 0. The van der Waals surface area contributed by atoms with Gasteiger partial charge in [-0.3, -0.25) is 0 Å². The lowest BCUT2D eigenvalue weighted by atomic mass is 10.3. The molecule has 0 radical (unpaired) electrons. The van der Waals surface area contributed by atoms with Gasteiger partial charge in [0.05, 0.1) is 6.61 Å². The minimum absolute atomic E-state index is 0.0957. The van der Waals surface area contributed by atoms with E-state index in [1.807, 2.05) is 0 Å². The third-order valence-corrected chi connectivity index (χ3v) is 2.17. The van der Waals surface area contributed by atoms with Crippen LogP contribution in [0.2, 0.25) is 0 Å². The molecule has 0 saturated heterocycles. The smallest absolute Gasteiger partial charge is 0.336 e. The predicted octanol–water partition coefficient (Wildman–Crippen LogP) is 2.06. The van der Waals surface area contributed by atoms with Crippen molar-refractivity contribution in [3.05, 3.63) is 37.0 Å². The van der Waals surface area contributed by atoms with Gasteiger partial charge >= 0.3 is 17.9 Å². The molecule has 0 N–H and O–H groups in total. The number of carbonyl (C=O) groups excluding carboxylic acids is 3. The minimum Gasteiger partial charge on any atom is -0.462 e. The van der Waals surface area contributed by atoms with Crippen LogP contribution in [0.1, 0.15) is 26.7 Å². The zero-order chi connectivity index (χ0) is 16.4. The number of ether oxygens (including phenoxy) is 3. The van der Waals surface area contributed by atoms with E-state index in [-0.39, 0.29) is 18.6 Å². The molecule has 0 aliphatic heterocycles. The van der Waals surface area contributed by atoms with E-state index in [9.17, 15) is 14.4 Å². The molecule has 0 spiro atoms. The number of hydrogen-bond donors (Lipinski definition) is 0. The Morgan fingerprint density at radius 1 is 1.05 bits per heavy atom. The maximum absolute atomic E-state index is 11.4. The van der Waals surface area contributed by atoms with E-state index in [1.54, 1.807) is 0 Å². The third kappa shape index (κ3) is 8.41. The predicted molar refractivity (Wildman–Crippen MR) is 76.0 cm³/mol. The Balaban J connectivity index is 4.33. The molecule has 116 valence electrons. The van der Waals surface area contributed by atoms with Gasteiger partial charge in [0.15, 0.2) is 0 Å². The first kappa shape index (κ1) is 18.6. The van der Waals surface area contributed by atoms with E-state index in [4.69, 9.17) is 14.2 Å². The summed E-state index contributed by atoms with van der Waals surface area (Å²) in [5.74, 6) is -1.89. The van der Waals surface area contributed by atoms with Gasteiger partial charge in [-0.15, -0.1) is 0 Å². The SMILES string of the molecule is C=CC(=O)OC(CCCOC(=O)C(=C)C)OC(=O)C(=C)C. The van der Waals surface area contributed by atoms with Crippen molar-refractivity contribution in [2.24, 2.45) is 0 Å². The van der Waals surface area contributed by atoms with Crippen LogP contribution >= 0.6 is 0 Å². The lowest BCUT2D eigenvalue weighted by molar-refractivity contribution is -0.183. The number of esters is 3. The average Bonchev–Trinajstić information content (AvgIpc) is 2.42. The van der Waals surface area contributed by atoms with E-state index < -0.39 is 24.2 Å². The Morgan fingerprint density at radius 3 is 2.10 bits per heavy atom. The first-order chi connectivity index (χ1) is 9.77. The Kier molecular flexibility index (Phi) is 8.45. The molecule has 6 nitrogen and oxygen atoms in total. The molecule has 0 saturated carbocycles. The van der Waals surface area contributed by atoms with Gasteiger partial charge in [0.1, 0.15) is 0 Å². The monoisotopic (exact) mass is 296 g/mol. The molecule has 0 aromatic rings. The average molecular weight is 296 g/mol. The third-order valence-electron chi connectivity index (χ3n) is 2.17. The maximum atomic E-state index is 11.4. The summed E-state index contributed by atoms with van der Waals surface area (Å²) in [6.45, 7) is 13.2. The van der Waals surface area contributed by atoms with E-state index in [2.05, 4.69) is 19.7 Å². The fourth-order valence-corrected chi connectivity index (χ4v) is 1.08. The highest BCUT2D eigenvalue weighted by Gasteiger charge is 2.18. The van der Waals surface area contributed by atoms with Crippen molar-refractivity contribution >= 4 is 17.9 Å². The van der Waals surface area contributed by atoms with Crippen molar-refractivity contribution in [1.82, 2.24) is 0 Å². The van der Waals surface area contributed by atoms with Gasteiger partial charge < -0.3 is 14.2 Å². The molecular weight excluding hydrogens is 276 g/mol. The van der Waals surface area contributed by atoms with Crippen LogP contribution in [0.4, 0.5) is 0 Å². The van der Waals surface area contributed by atoms with Crippen LogP contribution < -0.4 is 0 Å². The summed E-state index contributed by atoms with van der Waals surface area (Å²) in [7, 11) is 0. The van der Waals surface area contributed by atoms with Crippen LogP contribution in [0.3, 0.4) is 0 Å². The van der Waals surface area contributed by atoms with Crippen LogP contribution in [0, 0.1) is 0 Å². The highest BCUT2D eigenvalue weighted by Crippen LogP contribution is 2.09. The number of carbonyl (C=O) groups is 3. The fraction of sp³-hybridized carbons (Fsp3) is 0.400. The maximum Gasteiger partial charge on any atom is 0.336 e. The second-order valence-electron chi connectivity index (χ2n) is 4.31. The van der Waals surface area contributed by atoms with Crippen molar-refractivity contribution < 1.29 is 28.6 Å². The van der Waals surface area contributed by atoms with Gasteiger partial charge in [-0.2, -0.15) is 0 Å². The van der Waals surface area contributed by atoms with Crippen molar-refractivity contribution in [3.63, 3.8) is 0 Å². The van der Waals surface area contributed by atoms with Gasteiger partial charge in [0, 0.05) is 23.6 Å². The Hall–Kier alpha value is -2.37. The number of rotatable bonds is 9. The fourth-order valence-electron chi connectivity index (χ4n) is 1.08. The van der Waals surface area contributed by atoms with Crippen molar-refractivity contribution in [2.45, 2.75) is 33.0 Å². The van der Waals surface area contributed by atoms with Crippen LogP contribution in [-0.2, 0) is 28.6 Å². The largest absolute Gasteiger partial charge is 0.462 e. The lowest BCUT2D eigenvalue weighted by Gasteiger charge is -2.17. The molecule has 0 aliphatic carbocycles. The van der Waals surface area contributed by atoms with Crippen LogP contribution in [0.15, 0.2) is 37.0 Å². The summed E-state index contributed by atoms with van der Waals surface area (Å²) < 4.78 is 14.7. The van der Waals surface area contributed by atoms with E-state index in [1.165, 1.54) is 13.8 Å². The van der Waals surface area contributed by atoms with E-state index >= 15 is 0 Å². The summed E-state index contributed by atoms with van der Waals surface area (Å²) in [5.41, 5.74) is 0.474. The van der Waals surface area contributed by atoms with Crippen molar-refractivity contribution in [3.8, 4) is 0 Å². The second kappa shape index (κ2) is 9.52. The molecule has 0 aliphatic rings. The first-order valence-electron chi connectivity index (χ1n) is 6.30. The molecule has 21 heavy (non-hydrogen) atoms. The molecule has 0 amide bonds. The van der Waals surface area contributed by atoms with Crippen LogP contribution in [0.25, 0.3) is 0 Å². The molecule has 0 bridgehead atoms. The van der Waals surface area contributed by atoms with Gasteiger partial charge in [0.2, 0.25) is 6.29 Å². The van der Waals surface area contributed by atoms with Crippen LogP contribution in [0.5, 0.6) is 0 Å². The standard InChI is InChI=1S/C15H20O6/c1-6-12(16)20-13(21-15(18)11(4)5)8-7-9-19-14(17)10(2)3/h6,13H,1-2,4,7-9H2,3,5H3. The summed E-state index contributed by atoms with van der Waals surface area (Å²) in [6.07, 6.45) is 0.408. The lowest BCUT2D eigenvalue weighted by Crippen LogP contribution is -2.24. The summed E-state index contributed by atoms with van der Waals surface area (Å²) in [5, 5.41) is 0. The van der Waals surface area contributed by atoms with Crippen molar-refractivity contribution in [2.75, 3.05) is 6.61 Å². The highest BCUT2D eigenvalue weighted by atomic mass is 16.7. The first-order valence-corrected chi connectivity index (χ1v) is 6.30. The Bertz CT molecular complexity index is 449.